The molecule has 1 aromatic heterocycles. The molecule has 0 radical (unpaired) electrons. The van der Waals surface area contributed by atoms with Gasteiger partial charge in [-0.15, -0.1) is 0 Å². The van der Waals surface area contributed by atoms with Crippen molar-refractivity contribution >= 4 is 17.3 Å². The molecule has 84 valence electrons. The lowest BCUT2D eigenvalue weighted by atomic mass is 10.3. The predicted octanol–water partition coefficient (Wildman–Crippen LogP) is 2.76. The summed E-state index contributed by atoms with van der Waals surface area (Å²) in [6, 6.07) is 7.23. The molecule has 2 rings (SSSR count). The minimum absolute atomic E-state index is 0.505. The lowest BCUT2D eigenvalue weighted by molar-refractivity contribution is 0.433. The smallest absolute Gasteiger partial charge is 0.241 e. The maximum Gasteiger partial charge on any atom is 0.241 e. The second-order valence-electron chi connectivity index (χ2n) is 3.46. The summed E-state index contributed by atoms with van der Waals surface area (Å²) in [5.74, 6) is 1.07. The largest absolute Gasteiger partial charge is 0.436 e. The van der Waals surface area contributed by atoms with Gasteiger partial charge in [0.25, 0.3) is 0 Å². The summed E-state index contributed by atoms with van der Waals surface area (Å²) in [7, 11) is 1.77. The second kappa shape index (κ2) is 4.06. The predicted molar refractivity (Wildman–Crippen MR) is 63.9 cm³/mol. The first-order valence-corrected chi connectivity index (χ1v) is 5.19. The normalized spacial score (nSPS) is 10.4. The number of halogens is 1. The molecular formula is C11H12ClN3O. The van der Waals surface area contributed by atoms with Gasteiger partial charge in [-0.25, -0.2) is 4.68 Å². The molecule has 0 atom stereocenters. The number of benzene rings is 1. The maximum atomic E-state index is 5.99. The highest BCUT2D eigenvalue weighted by Gasteiger charge is 2.13. The molecule has 0 spiro atoms. The number of rotatable bonds is 2. The monoisotopic (exact) mass is 237 g/mol. The number of nitrogens with two attached hydrogens (primary N) is 1. The number of anilines is 1. The third kappa shape index (κ3) is 1.84. The van der Waals surface area contributed by atoms with Crippen molar-refractivity contribution in [2.24, 2.45) is 7.05 Å². The van der Waals surface area contributed by atoms with Crippen molar-refractivity contribution in [2.75, 3.05) is 5.73 Å². The topological polar surface area (TPSA) is 53.1 Å². The summed E-state index contributed by atoms with van der Waals surface area (Å²) >= 11 is 5.99. The Kier molecular flexibility index (Phi) is 2.75. The van der Waals surface area contributed by atoms with Crippen LogP contribution in [0.2, 0.25) is 5.02 Å². The maximum absolute atomic E-state index is 5.99. The third-order valence-corrected chi connectivity index (χ3v) is 2.57. The fourth-order valence-electron chi connectivity index (χ4n) is 1.41. The van der Waals surface area contributed by atoms with E-state index in [0.29, 0.717) is 22.3 Å². The minimum atomic E-state index is 0.505. The van der Waals surface area contributed by atoms with Gasteiger partial charge in [-0.05, 0) is 19.1 Å². The number of para-hydroxylation sites is 1. The lowest BCUT2D eigenvalue weighted by Crippen LogP contribution is -1.97. The Hall–Kier alpha value is -1.68. The molecule has 16 heavy (non-hydrogen) atoms. The second-order valence-corrected chi connectivity index (χ2v) is 3.87. The fourth-order valence-corrected chi connectivity index (χ4v) is 1.58. The molecule has 5 heteroatoms. The average molecular weight is 238 g/mol. The average Bonchev–Trinajstić information content (AvgIpc) is 2.48. The van der Waals surface area contributed by atoms with E-state index in [2.05, 4.69) is 5.10 Å². The number of aromatic nitrogens is 2. The van der Waals surface area contributed by atoms with Crippen LogP contribution in [0.25, 0.3) is 0 Å². The van der Waals surface area contributed by atoms with Crippen molar-refractivity contribution < 1.29 is 4.74 Å². The molecule has 2 aromatic rings. The first-order chi connectivity index (χ1) is 7.59. The number of nitrogen functional groups attached to an aromatic ring is 1. The zero-order valence-corrected chi connectivity index (χ0v) is 9.82. The first-order valence-electron chi connectivity index (χ1n) is 4.81. The number of hydrogen-bond donors (Lipinski definition) is 1. The Bertz CT molecular complexity index is 522. The molecule has 0 fully saturated rings. The Balaban J connectivity index is 2.38. The summed E-state index contributed by atoms with van der Waals surface area (Å²) in [6.07, 6.45) is 0. The van der Waals surface area contributed by atoms with E-state index in [-0.39, 0.29) is 0 Å². The highest BCUT2D eigenvalue weighted by molar-refractivity contribution is 6.32. The molecule has 2 N–H and O–H groups in total. The Labute approximate surface area is 98.6 Å². The van der Waals surface area contributed by atoms with Crippen molar-refractivity contribution in [1.82, 2.24) is 9.78 Å². The summed E-state index contributed by atoms with van der Waals surface area (Å²) in [4.78, 5) is 0. The summed E-state index contributed by atoms with van der Waals surface area (Å²) in [5, 5.41) is 4.70. The van der Waals surface area contributed by atoms with E-state index < -0.39 is 0 Å². The van der Waals surface area contributed by atoms with Crippen molar-refractivity contribution in [3.8, 4) is 11.6 Å². The van der Waals surface area contributed by atoms with Crippen LogP contribution in [0.15, 0.2) is 24.3 Å². The van der Waals surface area contributed by atoms with E-state index in [0.717, 1.165) is 5.69 Å². The fraction of sp³-hybridized carbons (Fsp3) is 0.182. The van der Waals surface area contributed by atoms with Gasteiger partial charge in [0.15, 0.2) is 0 Å². The van der Waals surface area contributed by atoms with Crippen LogP contribution in [0.5, 0.6) is 11.6 Å². The van der Waals surface area contributed by atoms with Gasteiger partial charge < -0.3 is 10.5 Å². The van der Waals surface area contributed by atoms with Crippen molar-refractivity contribution in [1.29, 1.82) is 0 Å². The molecule has 4 nitrogen and oxygen atoms in total. The van der Waals surface area contributed by atoms with Crippen molar-refractivity contribution in [2.45, 2.75) is 6.92 Å². The summed E-state index contributed by atoms with van der Waals surface area (Å²) in [5.41, 5.74) is 7.12. The van der Waals surface area contributed by atoms with Crippen LogP contribution in [-0.2, 0) is 7.05 Å². The molecule has 0 saturated carbocycles. The van der Waals surface area contributed by atoms with Crippen LogP contribution in [-0.4, -0.2) is 9.78 Å². The van der Waals surface area contributed by atoms with E-state index in [9.17, 15) is 0 Å². The van der Waals surface area contributed by atoms with Crippen LogP contribution in [0.1, 0.15) is 5.69 Å². The molecule has 0 aliphatic rings. The van der Waals surface area contributed by atoms with Gasteiger partial charge >= 0.3 is 0 Å². The van der Waals surface area contributed by atoms with Gasteiger partial charge in [0, 0.05) is 7.05 Å². The van der Waals surface area contributed by atoms with E-state index in [1.807, 2.05) is 19.1 Å². The van der Waals surface area contributed by atoms with Crippen LogP contribution < -0.4 is 10.5 Å². The van der Waals surface area contributed by atoms with E-state index in [1.165, 1.54) is 0 Å². The van der Waals surface area contributed by atoms with Gasteiger partial charge in [0.2, 0.25) is 5.88 Å². The van der Waals surface area contributed by atoms with Crippen LogP contribution >= 0.6 is 11.6 Å². The Morgan fingerprint density at radius 3 is 2.62 bits per heavy atom. The molecule has 0 saturated heterocycles. The highest BCUT2D eigenvalue weighted by Crippen LogP contribution is 2.32. The minimum Gasteiger partial charge on any atom is -0.436 e. The molecule has 0 amide bonds. The number of aryl methyl sites for hydroxylation is 2. The quantitative estimate of drug-likeness (QED) is 0.874. The van der Waals surface area contributed by atoms with Crippen LogP contribution in [0.3, 0.4) is 0 Å². The van der Waals surface area contributed by atoms with Crippen LogP contribution in [0.4, 0.5) is 5.69 Å². The molecular weight excluding hydrogens is 226 g/mol. The summed E-state index contributed by atoms with van der Waals surface area (Å²) in [6.45, 7) is 1.83. The number of nitrogens with zero attached hydrogens (tertiary/aromatic N) is 2. The third-order valence-electron chi connectivity index (χ3n) is 2.26. The number of hydrogen-bond acceptors (Lipinski definition) is 3. The molecule has 0 bridgehead atoms. The van der Waals surface area contributed by atoms with E-state index >= 15 is 0 Å². The standard InChI is InChI=1S/C11H12ClN3O/c1-7-10(13)11(15(2)14-7)16-9-6-4-3-5-8(9)12/h3-6H,13H2,1-2H3. The SMILES string of the molecule is Cc1nn(C)c(Oc2ccccc2Cl)c1N. The van der Waals surface area contributed by atoms with Crippen molar-refractivity contribution in [3.05, 3.63) is 35.0 Å². The zero-order valence-electron chi connectivity index (χ0n) is 9.07. The van der Waals surface area contributed by atoms with Gasteiger partial charge in [-0.3, -0.25) is 0 Å². The van der Waals surface area contributed by atoms with Gasteiger partial charge in [0.1, 0.15) is 11.4 Å². The van der Waals surface area contributed by atoms with E-state index in [4.69, 9.17) is 22.1 Å². The summed E-state index contributed by atoms with van der Waals surface area (Å²) < 4.78 is 7.23. The van der Waals surface area contributed by atoms with E-state index in [1.54, 1.807) is 23.9 Å². The molecule has 1 heterocycles. The number of ether oxygens (including phenoxy) is 1. The Morgan fingerprint density at radius 2 is 2.06 bits per heavy atom. The van der Waals surface area contributed by atoms with Gasteiger partial charge in [0.05, 0.1) is 10.7 Å². The van der Waals surface area contributed by atoms with Gasteiger partial charge in [-0.1, -0.05) is 23.7 Å². The van der Waals surface area contributed by atoms with Crippen molar-refractivity contribution in [3.63, 3.8) is 0 Å². The Morgan fingerprint density at radius 1 is 1.38 bits per heavy atom. The molecule has 0 aliphatic carbocycles. The molecule has 1 aromatic carbocycles. The van der Waals surface area contributed by atoms with Crippen LogP contribution in [0, 0.1) is 6.92 Å². The van der Waals surface area contributed by atoms with Gasteiger partial charge in [-0.2, -0.15) is 5.10 Å². The molecule has 0 unspecified atom stereocenters. The highest BCUT2D eigenvalue weighted by atomic mass is 35.5. The lowest BCUT2D eigenvalue weighted by Gasteiger charge is -2.07. The molecule has 0 aliphatic heterocycles. The zero-order chi connectivity index (χ0) is 11.7. The first kappa shape index (κ1) is 10.8.